The van der Waals surface area contributed by atoms with Crippen LogP contribution in [0.15, 0.2) is 59.6 Å². The minimum absolute atomic E-state index is 0.404. The largest absolute Gasteiger partial charge is 0.370 e. The van der Waals surface area contributed by atoms with Gasteiger partial charge in [0.25, 0.3) is 0 Å². The molecule has 1 aromatic carbocycles. The van der Waals surface area contributed by atoms with E-state index >= 15 is 0 Å². The van der Waals surface area contributed by atoms with Crippen LogP contribution in [0.4, 0.5) is 0 Å². The molecule has 6 nitrogen and oxygen atoms in total. The van der Waals surface area contributed by atoms with Crippen molar-refractivity contribution in [2.45, 2.75) is 13.1 Å². The van der Waals surface area contributed by atoms with Gasteiger partial charge in [0.2, 0.25) is 0 Å². The van der Waals surface area contributed by atoms with E-state index in [1.807, 2.05) is 24.3 Å². The van der Waals surface area contributed by atoms with Crippen molar-refractivity contribution in [1.29, 1.82) is 0 Å². The summed E-state index contributed by atoms with van der Waals surface area (Å²) in [5, 5.41) is 5.86. The molecule has 0 aliphatic heterocycles. The smallest absolute Gasteiger partial charge is 0.189 e. The molecule has 118 valence electrons. The van der Waals surface area contributed by atoms with E-state index in [0.717, 1.165) is 11.1 Å². The molecule has 1 rings (SSSR count). The Hall–Kier alpha value is -2.76. The third-order valence-corrected chi connectivity index (χ3v) is 2.71. The molecule has 0 amide bonds. The van der Waals surface area contributed by atoms with Crippen LogP contribution in [0.5, 0.6) is 0 Å². The summed E-state index contributed by atoms with van der Waals surface area (Å²) < 4.78 is 0. The summed E-state index contributed by atoms with van der Waals surface area (Å²) in [6.07, 6.45) is 3.46. The highest BCUT2D eigenvalue weighted by Gasteiger charge is 1.97. The van der Waals surface area contributed by atoms with E-state index in [9.17, 15) is 0 Å². The Bertz CT molecular complexity index is 502. The highest BCUT2D eigenvalue weighted by Crippen LogP contribution is 2.07. The maximum atomic E-state index is 5.73. The van der Waals surface area contributed by atoms with Crippen molar-refractivity contribution >= 4 is 11.9 Å². The highest BCUT2D eigenvalue weighted by atomic mass is 15.1. The van der Waals surface area contributed by atoms with Crippen LogP contribution in [-0.4, -0.2) is 25.0 Å². The van der Waals surface area contributed by atoms with Crippen molar-refractivity contribution in [3.05, 3.63) is 60.7 Å². The molecule has 6 N–H and O–H groups in total. The molecule has 0 atom stereocenters. The molecule has 0 spiro atoms. The highest BCUT2D eigenvalue weighted by molar-refractivity contribution is 5.78. The molecule has 0 bridgehead atoms. The molecule has 0 fully saturated rings. The molecular formula is C16H24N6. The van der Waals surface area contributed by atoms with Gasteiger partial charge in [0.05, 0.1) is 13.1 Å². The van der Waals surface area contributed by atoms with Crippen molar-refractivity contribution in [3.63, 3.8) is 0 Å². The number of aliphatic imine (C=N–C) groups is 2. The van der Waals surface area contributed by atoms with Gasteiger partial charge in [-0.3, -0.25) is 0 Å². The fourth-order valence-electron chi connectivity index (χ4n) is 1.64. The second-order valence-electron chi connectivity index (χ2n) is 4.56. The fourth-order valence-corrected chi connectivity index (χ4v) is 1.64. The summed E-state index contributed by atoms with van der Waals surface area (Å²) in [5.41, 5.74) is 13.6. The molecule has 0 unspecified atom stereocenters. The number of benzene rings is 1. The zero-order valence-electron chi connectivity index (χ0n) is 12.8. The van der Waals surface area contributed by atoms with E-state index in [4.69, 9.17) is 11.5 Å². The molecule has 22 heavy (non-hydrogen) atoms. The number of rotatable bonds is 8. The van der Waals surface area contributed by atoms with E-state index in [2.05, 4.69) is 33.8 Å². The average molecular weight is 300 g/mol. The van der Waals surface area contributed by atoms with Gasteiger partial charge in [0.15, 0.2) is 11.9 Å². The number of nitrogens with zero attached hydrogens (tertiary/aromatic N) is 2. The van der Waals surface area contributed by atoms with Crippen LogP contribution in [0.3, 0.4) is 0 Å². The lowest BCUT2D eigenvalue weighted by Gasteiger charge is -2.05. The number of guanidine groups is 2. The van der Waals surface area contributed by atoms with Crippen molar-refractivity contribution in [2.75, 3.05) is 13.1 Å². The summed E-state index contributed by atoms with van der Waals surface area (Å²) in [6.45, 7) is 9.44. The third kappa shape index (κ3) is 7.14. The van der Waals surface area contributed by atoms with Crippen LogP contribution >= 0.6 is 0 Å². The molecule has 6 heteroatoms. The van der Waals surface area contributed by atoms with Gasteiger partial charge in [-0.1, -0.05) is 36.4 Å². The number of nitrogens with two attached hydrogens (primary N) is 2. The van der Waals surface area contributed by atoms with Gasteiger partial charge in [-0.15, -0.1) is 13.2 Å². The van der Waals surface area contributed by atoms with Crippen LogP contribution in [-0.2, 0) is 13.1 Å². The first-order chi connectivity index (χ1) is 10.7. The van der Waals surface area contributed by atoms with Crippen molar-refractivity contribution in [3.8, 4) is 0 Å². The lowest BCUT2D eigenvalue weighted by atomic mass is 10.1. The Labute approximate surface area is 131 Å². The Morgan fingerprint density at radius 2 is 1.41 bits per heavy atom. The van der Waals surface area contributed by atoms with Gasteiger partial charge in [0, 0.05) is 13.1 Å². The van der Waals surface area contributed by atoms with Crippen LogP contribution in [0.25, 0.3) is 0 Å². The third-order valence-electron chi connectivity index (χ3n) is 2.71. The summed E-state index contributed by atoms with van der Waals surface area (Å²) >= 11 is 0. The molecule has 0 aliphatic rings. The van der Waals surface area contributed by atoms with Gasteiger partial charge in [0.1, 0.15) is 0 Å². The van der Waals surface area contributed by atoms with Crippen molar-refractivity contribution in [2.24, 2.45) is 21.5 Å². The molecule has 0 saturated heterocycles. The monoisotopic (exact) mass is 300 g/mol. The maximum absolute atomic E-state index is 5.73. The normalized spacial score (nSPS) is 11.8. The Morgan fingerprint density at radius 3 is 1.82 bits per heavy atom. The molecule has 0 aliphatic carbocycles. The molecule has 0 radical (unpaired) electrons. The van der Waals surface area contributed by atoms with Crippen molar-refractivity contribution in [1.82, 2.24) is 10.6 Å². The van der Waals surface area contributed by atoms with Crippen LogP contribution < -0.4 is 22.1 Å². The van der Waals surface area contributed by atoms with E-state index < -0.39 is 0 Å². The number of hydrogen-bond donors (Lipinski definition) is 4. The topological polar surface area (TPSA) is 101 Å². The summed E-state index contributed by atoms with van der Waals surface area (Å²) in [7, 11) is 0. The van der Waals surface area contributed by atoms with Gasteiger partial charge in [-0.2, -0.15) is 0 Å². The van der Waals surface area contributed by atoms with Crippen LogP contribution in [0.2, 0.25) is 0 Å². The Balaban J connectivity index is 2.58. The van der Waals surface area contributed by atoms with E-state index in [0.29, 0.717) is 38.1 Å². The molecule has 0 aromatic heterocycles. The minimum Gasteiger partial charge on any atom is -0.370 e. The summed E-state index contributed by atoms with van der Waals surface area (Å²) in [5.74, 6) is 0.808. The second kappa shape index (κ2) is 10.0. The zero-order valence-corrected chi connectivity index (χ0v) is 12.8. The van der Waals surface area contributed by atoms with Gasteiger partial charge < -0.3 is 22.1 Å². The maximum Gasteiger partial charge on any atom is 0.189 e. The van der Waals surface area contributed by atoms with Gasteiger partial charge in [-0.05, 0) is 11.1 Å². The predicted octanol–water partition coefficient (Wildman–Crippen LogP) is 0.867. The molecule has 0 saturated carbocycles. The second-order valence-corrected chi connectivity index (χ2v) is 4.56. The Kier molecular flexibility index (Phi) is 7.89. The lowest BCUT2D eigenvalue weighted by molar-refractivity contribution is 0.954. The van der Waals surface area contributed by atoms with Gasteiger partial charge in [-0.25, -0.2) is 9.98 Å². The minimum atomic E-state index is 0.404. The zero-order chi connectivity index (χ0) is 16.2. The number of nitrogens with one attached hydrogen (secondary N) is 2. The first-order valence-corrected chi connectivity index (χ1v) is 7.03. The fraction of sp³-hybridized carbons (Fsp3) is 0.250. The summed E-state index contributed by atoms with van der Waals surface area (Å²) in [4.78, 5) is 8.52. The molecule has 1 aromatic rings. The summed E-state index contributed by atoms with van der Waals surface area (Å²) in [6, 6.07) is 8.00. The van der Waals surface area contributed by atoms with E-state index in [1.165, 1.54) is 0 Å². The van der Waals surface area contributed by atoms with E-state index in [1.54, 1.807) is 12.2 Å². The van der Waals surface area contributed by atoms with Gasteiger partial charge >= 0.3 is 0 Å². The van der Waals surface area contributed by atoms with E-state index in [-0.39, 0.29) is 0 Å². The van der Waals surface area contributed by atoms with Crippen LogP contribution in [0.1, 0.15) is 11.1 Å². The Morgan fingerprint density at radius 1 is 0.955 bits per heavy atom. The average Bonchev–Trinajstić information content (AvgIpc) is 2.54. The lowest BCUT2D eigenvalue weighted by Crippen LogP contribution is -2.31. The predicted molar refractivity (Wildman–Crippen MR) is 93.5 cm³/mol. The number of hydrogen-bond acceptors (Lipinski definition) is 2. The molecular weight excluding hydrogens is 276 g/mol. The first-order valence-electron chi connectivity index (χ1n) is 7.03. The van der Waals surface area contributed by atoms with Crippen LogP contribution in [0, 0.1) is 0 Å². The first kappa shape index (κ1) is 17.3. The molecule has 0 heterocycles. The SMILES string of the molecule is C=CCNC(N)=NCc1cccc(CN=C(N)NCC=C)c1. The van der Waals surface area contributed by atoms with Crippen molar-refractivity contribution < 1.29 is 0 Å². The quantitative estimate of drug-likeness (QED) is 0.325. The standard InChI is InChI=1S/C16H24N6/c1-3-8-19-15(17)21-11-13-6-5-7-14(10-13)12-22-16(18)20-9-4-2/h3-7,10H,1-2,8-9,11-12H2,(H3,17,19,21)(H3,18,20,22).